The molecule has 1 heterocycles. The molecule has 1 aromatic rings. The maximum absolute atomic E-state index is 12.2. The number of hydrogen-bond donors (Lipinski definition) is 0. The van der Waals surface area contributed by atoms with Crippen LogP contribution in [0.5, 0.6) is 5.75 Å². The molecule has 20 heavy (non-hydrogen) atoms. The second-order valence-electron chi connectivity index (χ2n) is 4.75. The minimum atomic E-state index is 0.0823. The van der Waals surface area contributed by atoms with E-state index in [1.54, 1.807) is 19.2 Å². The highest BCUT2D eigenvalue weighted by atomic mass is 79.9. The molecule has 1 aromatic carbocycles. The lowest BCUT2D eigenvalue weighted by Crippen LogP contribution is -2.12. The van der Waals surface area contributed by atoms with Crippen LogP contribution in [0.3, 0.4) is 0 Å². The van der Waals surface area contributed by atoms with Gasteiger partial charge in [0.25, 0.3) is 0 Å². The predicted octanol–water partition coefficient (Wildman–Crippen LogP) is 3.23. The smallest absolute Gasteiger partial charge is 0.165 e. The minimum Gasteiger partial charge on any atom is -0.490 e. The Labute approximate surface area is 127 Å². The van der Waals surface area contributed by atoms with Gasteiger partial charge in [0.05, 0.1) is 17.2 Å². The van der Waals surface area contributed by atoms with Gasteiger partial charge in [-0.2, -0.15) is 0 Å². The van der Waals surface area contributed by atoms with Crippen molar-refractivity contribution >= 4 is 21.7 Å². The molecule has 1 atom stereocenters. The van der Waals surface area contributed by atoms with E-state index in [0.29, 0.717) is 25.2 Å². The summed E-state index contributed by atoms with van der Waals surface area (Å²) in [7, 11) is 1.63. The van der Waals surface area contributed by atoms with Crippen LogP contribution in [0, 0.1) is 0 Å². The Morgan fingerprint density at radius 1 is 1.45 bits per heavy atom. The SMILES string of the molecule is COCCOc1ccc(C(=O)CC2CCCO2)cc1Br. The van der Waals surface area contributed by atoms with Crippen molar-refractivity contribution in [2.45, 2.75) is 25.4 Å². The molecule has 0 aromatic heterocycles. The summed E-state index contributed by atoms with van der Waals surface area (Å²) in [5.74, 6) is 0.830. The van der Waals surface area contributed by atoms with Gasteiger partial charge in [-0.25, -0.2) is 0 Å². The van der Waals surface area contributed by atoms with Crippen LogP contribution in [-0.4, -0.2) is 38.8 Å². The van der Waals surface area contributed by atoms with E-state index in [9.17, 15) is 4.79 Å². The molecule has 0 spiro atoms. The molecule has 1 fully saturated rings. The number of benzene rings is 1. The number of hydrogen-bond acceptors (Lipinski definition) is 4. The Morgan fingerprint density at radius 2 is 2.30 bits per heavy atom. The molecule has 5 heteroatoms. The van der Waals surface area contributed by atoms with Gasteiger partial charge in [0.15, 0.2) is 5.78 Å². The van der Waals surface area contributed by atoms with Gasteiger partial charge >= 0.3 is 0 Å². The molecule has 0 bridgehead atoms. The fourth-order valence-corrected chi connectivity index (χ4v) is 2.65. The molecule has 2 rings (SSSR count). The molecular weight excluding hydrogens is 324 g/mol. The predicted molar refractivity (Wildman–Crippen MR) is 79.4 cm³/mol. The van der Waals surface area contributed by atoms with E-state index in [4.69, 9.17) is 14.2 Å². The van der Waals surface area contributed by atoms with Gasteiger partial charge in [-0.1, -0.05) is 0 Å². The van der Waals surface area contributed by atoms with Crippen molar-refractivity contribution in [1.82, 2.24) is 0 Å². The van der Waals surface area contributed by atoms with Crippen molar-refractivity contribution < 1.29 is 19.0 Å². The summed E-state index contributed by atoms with van der Waals surface area (Å²) >= 11 is 3.43. The molecule has 0 saturated carbocycles. The standard InChI is InChI=1S/C15H19BrO4/c1-18-7-8-20-15-5-4-11(9-13(15)16)14(17)10-12-3-2-6-19-12/h4-5,9,12H,2-3,6-8,10H2,1H3. The fourth-order valence-electron chi connectivity index (χ4n) is 2.16. The lowest BCUT2D eigenvalue weighted by atomic mass is 10.0. The monoisotopic (exact) mass is 342 g/mol. The van der Waals surface area contributed by atoms with Crippen molar-refractivity contribution in [2.24, 2.45) is 0 Å². The zero-order valence-electron chi connectivity index (χ0n) is 11.6. The Bertz CT molecular complexity index is 455. The van der Waals surface area contributed by atoms with Crippen LogP contribution in [0.25, 0.3) is 0 Å². The molecule has 0 radical (unpaired) electrons. The first-order chi connectivity index (χ1) is 9.70. The maximum Gasteiger partial charge on any atom is 0.165 e. The first kappa shape index (κ1) is 15.5. The summed E-state index contributed by atoms with van der Waals surface area (Å²) in [6.45, 7) is 1.79. The van der Waals surface area contributed by atoms with Crippen molar-refractivity contribution in [2.75, 3.05) is 26.9 Å². The minimum absolute atomic E-state index is 0.0823. The number of halogens is 1. The Kier molecular flexibility index (Phi) is 6.01. The van der Waals surface area contributed by atoms with Gasteiger partial charge in [0.1, 0.15) is 12.4 Å². The second-order valence-corrected chi connectivity index (χ2v) is 5.60. The number of Topliss-reactive ketones (excluding diaryl/α,β-unsaturated/α-hetero) is 1. The van der Waals surface area contributed by atoms with Crippen LogP contribution in [0.2, 0.25) is 0 Å². The number of carbonyl (C=O) groups is 1. The quantitative estimate of drug-likeness (QED) is 0.563. The van der Waals surface area contributed by atoms with E-state index in [0.717, 1.165) is 29.7 Å². The normalized spacial score (nSPS) is 18.2. The maximum atomic E-state index is 12.2. The summed E-state index contributed by atoms with van der Waals surface area (Å²) in [6.07, 6.45) is 2.56. The largest absolute Gasteiger partial charge is 0.490 e. The van der Waals surface area contributed by atoms with Gasteiger partial charge in [-0.3, -0.25) is 4.79 Å². The fraction of sp³-hybridized carbons (Fsp3) is 0.533. The zero-order chi connectivity index (χ0) is 14.4. The molecule has 1 unspecified atom stereocenters. The average molecular weight is 343 g/mol. The van der Waals surface area contributed by atoms with Crippen molar-refractivity contribution in [3.05, 3.63) is 28.2 Å². The van der Waals surface area contributed by atoms with Gasteiger partial charge in [-0.15, -0.1) is 0 Å². The van der Waals surface area contributed by atoms with Gasteiger partial charge < -0.3 is 14.2 Å². The molecule has 4 nitrogen and oxygen atoms in total. The molecule has 1 aliphatic rings. The van der Waals surface area contributed by atoms with Crippen LogP contribution in [-0.2, 0) is 9.47 Å². The van der Waals surface area contributed by atoms with Crippen molar-refractivity contribution in [3.63, 3.8) is 0 Å². The van der Waals surface area contributed by atoms with Crippen LogP contribution < -0.4 is 4.74 Å². The lowest BCUT2D eigenvalue weighted by Gasteiger charge is -2.11. The molecule has 1 saturated heterocycles. The molecule has 1 aliphatic heterocycles. The van der Waals surface area contributed by atoms with Crippen molar-refractivity contribution in [1.29, 1.82) is 0 Å². The Balaban J connectivity index is 1.94. The van der Waals surface area contributed by atoms with Crippen LogP contribution in [0.1, 0.15) is 29.6 Å². The average Bonchev–Trinajstić information content (AvgIpc) is 2.93. The van der Waals surface area contributed by atoms with Crippen molar-refractivity contribution in [3.8, 4) is 5.75 Å². The summed E-state index contributed by atoms with van der Waals surface area (Å²) in [4.78, 5) is 12.2. The van der Waals surface area contributed by atoms with Crippen LogP contribution in [0.4, 0.5) is 0 Å². The topological polar surface area (TPSA) is 44.8 Å². The summed E-state index contributed by atoms with van der Waals surface area (Å²) in [6, 6.07) is 5.41. The molecule has 0 amide bonds. The summed E-state index contributed by atoms with van der Waals surface area (Å²) in [5.41, 5.74) is 0.687. The van der Waals surface area contributed by atoms with Gasteiger partial charge in [0.2, 0.25) is 0 Å². The van der Waals surface area contributed by atoms with E-state index >= 15 is 0 Å². The summed E-state index contributed by atoms with van der Waals surface area (Å²) < 4.78 is 16.7. The van der Waals surface area contributed by atoms with E-state index < -0.39 is 0 Å². The first-order valence-electron chi connectivity index (χ1n) is 6.77. The molecule has 0 N–H and O–H groups in total. The summed E-state index contributed by atoms with van der Waals surface area (Å²) in [5, 5.41) is 0. The lowest BCUT2D eigenvalue weighted by molar-refractivity contribution is 0.0775. The second kappa shape index (κ2) is 7.76. The van der Waals surface area contributed by atoms with E-state index in [1.165, 1.54) is 0 Å². The van der Waals surface area contributed by atoms with Gasteiger partial charge in [0, 0.05) is 25.7 Å². The third kappa shape index (κ3) is 4.30. The Morgan fingerprint density at radius 3 is 2.95 bits per heavy atom. The van der Waals surface area contributed by atoms with Crippen LogP contribution in [0.15, 0.2) is 22.7 Å². The first-order valence-corrected chi connectivity index (χ1v) is 7.56. The number of carbonyl (C=O) groups excluding carboxylic acids is 1. The highest BCUT2D eigenvalue weighted by Gasteiger charge is 2.20. The van der Waals surface area contributed by atoms with E-state index in [-0.39, 0.29) is 11.9 Å². The number of rotatable bonds is 7. The third-order valence-corrected chi connectivity index (χ3v) is 3.86. The van der Waals surface area contributed by atoms with E-state index in [2.05, 4.69) is 15.9 Å². The molecule has 0 aliphatic carbocycles. The third-order valence-electron chi connectivity index (χ3n) is 3.24. The number of ether oxygens (including phenoxy) is 3. The van der Waals surface area contributed by atoms with Gasteiger partial charge in [-0.05, 0) is 47.0 Å². The van der Waals surface area contributed by atoms with E-state index in [1.807, 2.05) is 6.07 Å². The number of methoxy groups -OCH3 is 1. The highest BCUT2D eigenvalue weighted by molar-refractivity contribution is 9.10. The number of ketones is 1. The Hall–Kier alpha value is -0.910. The zero-order valence-corrected chi connectivity index (χ0v) is 13.1. The molecule has 110 valence electrons. The highest BCUT2D eigenvalue weighted by Crippen LogP contribution is 2.27. The molecular formula is C15H19BrO4. The van der Waals surface area contributed by atoms with Crippen LogP contribution >= 0.6 is 15.9 Å².